The molecule has 138 valence electrons. The van der Waals surface area contributed by atoms with E-state index < -0.39 is 5.91 Å². The van der Waals surface area contributed by atoms with Crippen molar-refractivity contribution in [2.24, 2.45) is 0 Å². The average Bonchev–Trinajstić information content (AvgIpc) is 2.70. The van der Waals surface area contributed by atoms with Crippen molar-refractivity contribution in [1.82, 2.24) is 0 Å². The number of anilines is 2. The zero-order chi connectivity index (χ0) is 19.5. The molecule has 1 amide bonds. The number of amides is 1. The Hall–Kier alpha value is -3.59. The van der Waals surface area contributed by atoms with Gasteiger partial charge in [0.15, 0.2) is 0 Å². The fraction of sp³-hybridized carbons (Fsp3) is 0.190. The van der Waals surface area contributed by atoms with Gasteiger partial charge >= 0.3 is 5.97 Å². The molecule has 0 heterocycles. The molecule has 27 heavy (non-hydrogen) atoms. The van der Waals surface area contributed by atoms with Gasteiger partial charge in [0.05, 0.1) is 12.2 Å². The van der Waals surface area contributed by atoms with Crippen LogP contribution in [0.4, 0.5) is 11.4 Å². The second-order valence-electron chi connectivity index (χ2n) is 5.70. The van der Waals surface area contributed by atoms with Crippen LogP contribution in [0.2, 0.25) is 0 Å². The minimum Gasteiger partial charge on any atom is -0.462 e. The lowest BCUT2D eigenvalue weighted by Crippen LogP contribution is -2.14. The lowest BCUT2D eigenvalue weighted by atomic mass is 10.2. The van der Waals surface area contributed by atoms with Crippen molar-refractivity contribution in [2.75, 3.05) is 17.2 Å². The molecule has 0 aromatic heterocycles. The van der Waals surface area contributed by atoms with Crippen LogP contribution >= 0.6 is 0 Å². The highest BCUT2D eigenvalue weighted by molar-refractivity contribution is 6.06. The maximum absolute atomic E-state index is 12.1. The van der Waals surface area contributed by atoms with Crippen molar-refractivity contribution >= 4 is 23.3 Å². The number of unbranched alkanes of at least 4 members (excludes halogenated alkanes) is 1. The predicted octanol–water partition coefficient (Wildman–Crippen LogP) is 4.10. The highest BCUT2D eigenvalue weighted by atomic mass is 16.5. The van der Waals surface area contributed by atoms with E-state index in [0.29, 0.717) is 23.5 Å². The summed E-state index contributed by atoms with van der Waals surface area (Å²) in [6, 6.07) is 17.4. The Balaban J connectivity index is 1.95. The normalized spacial score (nSPS) is 10.6. The van der Waals surface area contributed by atoms with Gasteiger partial charge in [-0.2, -0.15) is 5.26 Å². The Morgan fingerprint density at radius 3 is 2.41 bits per heavy atom. The van der Waals surface area contributed by atoms with E-state index in [2.05, 4.69) is 10.6 Å². The predicted molar refractivity (Wildman–Crippen MR) is 104 cm³/mol. The van der Waals surface area contributed by atoms with Gasteiger partial charge in [0.25, 0.3) is 5.91 Å². The van der Waals surface area contributed by atoms with E-state index in [9.17, 15) is 14.9 Å². The van der Waals surface area contributed by atoms with E-state index in [-0.39, 0.29) is 11.5 Å². The number of rotatable bonds is 8. The third kappa shape index (κ3) is 6.33. The molecule has 0 saturated carbocycles. The number of carbonyl (C=O) groups is 2. The van der Waals surface area contributed by atoms with E-state index in [4.69, 9.17) is 4.74 Å². The number of para-hydroxylation sites is 1. The van der Waals surface area contributed by atoms with E-state index in [1.807, 2.05) is 19.1 Å². The second kappa shape index (κ2) is 10.4. The van der Waals surface area contributed by atoms with Crippen molar-refractivity contribution in [3.8, 4) is 6.07 Å². The summed E-state index contributed by atoms with van der Waals surface area (Å²) in [5.74, 6) is -0.877. The molecule has 6 nitrogen and oxygen atoms in total. The Morgan fingerprint density at radius 1 is 1.07 bits per heavy atom. The van der Waals surface area contributed by atoms with Crippen molar-refractivity contribution in [3.05, 3.63) is 71.9 Å². The Kier molecular flexibility index (Phi) is 7.61. The first-order valence-electron chi connectivity index (χ1n) is 8.64. The minimum atomic E-state index is -0.507. The number of carbonyl (C=O) groups excluding carboxylic acids is 2. The maximum atomic E-state index is 12.1. The Labute approximate surface area is 158 Å². The second-order valence-corrected chi connectivity index (χ2v) is 5.70. The quantitative estimate of drug-likeness (QED) is 0.319. The summed E-state index contributed by atoms with van der Waals surface area (Å²) in [6.45, 7) is 2.43. The molecule has 0 bridgehead atoms. The topological polar surface area (TPSA) is 91.2 Å². The van der Waals surface area contributed by atoms with Crippen molar-refractivity contribution in [2.45, 2.75) is 19.8 Å². The standard InChI is InChI=1S/C21H21N3O3/c1-2-3-13-27-21(26)16-9-11-18(12-10-16)23-15-17(14-22)20(25)24-19-7-5-4-6-8-19/h4-12,15,23H,2-3,13H2,1H3,(H,24,25)/b17-15+. The van der Waals surface area contributed by atoms with Crippen molar-refractivity contribution in [1.29, 1.82) is 5.26 Å². The molecule has 2 aromatic rings. The van der Waals surface area contributed by atoms with Crippen LogP contribution in [0.5, 0.6) is 0 Å². The highest BCUT2D eigenvalue weighted by Gasteiger charge is 2.09. The maximum Gasteiger partial charge on any atom is 0.338 e. The summed E-state index contributed by atoms with van der Waals surface area (Å²) in [4.78, 5) is 24.0. The number of benzene rings is 2. The van der Waals surface area contributed by atoms with Crippen LogP contribution in [0.3, 0.4) is 0 Å². The summed E-state index contributed by atoms with van der Waals surface area (Å²) >= 11 is 0. The van der Waals surface area contributed by atoms with Gasteiger partial charge in [0, 0.05) is 17.6 Å². The molecule has 0 aliphatic carbocycles. The molecule has 0 saturated heterocycles. The van der Waals surface area contributed by atoms with Gasteiger partial charge < -0.3 is 15.4 Å². The van der Waals surface area contributed by atoms with Gasteiger partial charge in [0.1, 0.15) is 11.6 Å². The minimum absolute atomic E-state index is 0.0677. The van der Waals surface area contributed by atoms with Crippen LogP contribution in [0.25, 0.3) is 0 Å². The van der Waals surface area contributed by atoms with Crippen LogP contribution < -0.4 is 10.6 Å². The summed E-state index contributed by atoms with van der Waals surface area (Å²) in [6.07, 6.45) is 3.12. The van der Waals surface area contributed by atoms with Gasteiger partial charge in [-0.3, -0.25) is 4.79 Å². The SMILES string of the molecule is CCCCOC(=O)c1ccc(N/C=C(\C#N)C(=O)Nc2ccccc2)cc1. The molecule has 0 radical (unpaired) electrons. The van der Waals surface area contributed by atoms with E-state index in [1.165, 1.54) is 6.20 Å². The van der Waals surface area contributed by atoms with Crippen LogP contribution in [-0.4, -0.2) is 18.5 Å². The summed E-state index contributed by atoms with van der Waals surface area (Å²) in [7, 11) is 0. The largest absolute Gasteiger partial charge is 0.462 e. The molecule has 0 fully saturated rings. The monoisotopic (exact) mass is 363 g/mol. The Bertz CT molecular complexity index is 837. The molecule has 2 rings (SSSR count). The van der Waals surface area contributed by atoms with Crippen LogP contribution in [0.1, 0.15) is 30.1 Å². The van der Waals surface area contributed by atoms with E-state index >= 15 is 0 Å². The smallest absolute Gasteiger partial charge is 0.338 e. The third-order valence-corrected chi connectivity index (χ3v) is 3.63. The van der Waals surface area contributed by atoms with Gasteiger partial charge in [-0.05, 0) is 42.8 Å². The molecule has 0 unspecified atom stereocenters. The van der Waals surface area contributed by atoms with Crippen molar-refractivity contribution < 1.29 is 14.3 Å². The van der Waals surface area contributed by atoms with Gasteiger partial charge in [-0.15, -0.1) is 0 Å². The molecule has 0 aliphatic heterocycles. The van der Waals surface area contributed by atoms with Crippen molar-refractivity contribution in [3.63, 3.8) is 0 Å². The Morgan fingerprint density at radius 2 is 1.78 bits per heavy atom. The highest BCUT2D eigenvalue weighted by Crippen LogP contribution is 2.12. The number of hydrogen-bond acceptors (Lipinski definition) is 5. The van der Waals surface area contributed by atoms with Crippen LogP contribution in [0.15, 0.2) is 66.4 Å². The zero-order valence-electron chi connectivity index (χ0n) is 15.1. The lowest BCUT2D eigenvalue weighted by Gasteiger charge is -2.06. The number of nitriles is 1. The number of hydrogen-bond donors (Lipinski definition) is 2. The van der Waals surface area contributed by atoms with Gasteiger partial charge in [-0.25, -0.2) is 4.79 Å². The van der Waals surface area contributed by atoms with E-state index in [0.717, 1.165) is 12.8 Å². The zero-order valence-corrected chi connectivity index (χ0v) is 15.1. The van der Waals surface area contributed by atoms with Crippen LogP contribution in [0, 0.1) is 11.3 Å². The summed E-state index contributed by atoms with van der Waals surface area (Å²) < 4.78 is 5.14. The summed E-state index contributed by atoms with van der Waals surface area (Å²) in [5, 5.41) is 14.7. The summed E-state index contributed by atoms with van der Waals surface area (Å²) in [5.41, 5.74) is 1.62. The molecule has 0 atom stereocenters. The number of nitrogens with zero attached hydrogens (tertiary/aromatic N) is 1. The molecule has 0 spiro atoms. The van der Waals surface area contributed by atoms with E-state index in [1.54, 1.807) is 48.5 Å². The fourth-order valence-electron chi connectivity index (χ4n) is 2.12. The van der Waals surface area contributed by atoms with Gasteiger partial charge in [-0.1, -0.05) is 31.5 Å². The van der Waals surface area contributed by atoms with Gasteiger partial charge in [0.2, 0.25) is 0 Å². The van der Waals surface area contributed by atoms with Crippen LogP contribution in [-0.2, 0) is 9.53 Å². The molecular formula is C21H21N3O3. The molecule has 2 aromatic carbocycles. The first-order valence-corrected chi connectivity index (χ1v) is 8.64. The fourth-order valence-corrected chi connectivity index (χ4v) is 2.12. The third-order valence-electron chi connectivity index (χ3n) is 3.63. The first-order chi connectivity index (χ1) is 13.1. The average molecular weight is 363 g/mol. The molecule has 2 N–H and O–H groups in total. The first kappa shape index (κ1) is 19.7. The molecule has 0 aliphatic rings. The number of nitrogens with one attached hydrogen (secondary N) is 2. The number of esters is 1. The lowest BCUT2D eigenvalue weighted by molar-refractivity contribution is -0.112. The number of ether oxygens (including phenoxy) is 1. The molecular weight excluding hydrogens is 342 g/mol. The molecule has 6 heteroatoms.